The summed E-state index contributed by atoms with van der Waals surface area (Å²) in [6.07, 6.45) is 1.38. The van der Waals surface area contributed by atoms with Crippen LogP contribution < -0.4 is 0 Å². The van der Waals surface area contributed by atoms with Crippen LogP contribution in [-0.4, -0.2) is 48.7 Å². The molecule has 0 saturated carbocycles. The molecule has 0 aromatic carbocycles. The molecule has 0 aliphatic carbocycles. The summed E-state index contributed by atoms with van der Waals surface area (Å²) in [5.41, 5.74) is 0.183. The fraction of sp³-hybridized carbons (Fsp3) is 0.583. The predicted octanol–water partition coefficient (Wildman–Crippen LogP) is 0.599. The van der Waals surface area contributed by atoms with Crippen LogP contribution in [0.5, 0.6) is 0 Å². The first-order valence-electron chi connectivity index (χ1n) is 6.00. The number of rotatable bonds is 4. The maximum atomic E-state index is 12.3. The molecule has 2 heterocycles. The van der Waals surface area contributed by atoms with E-state index in [-0.39, 0.29) is 18.2 Å². The van der Waals surface area contributed by atoms with Crippen molar-refractivity contribution in [1.29, 1.82) is 0 Å². The number of ether oxygens (including phenoxy) is 2. The van der Waals surface area contributed by atoms with Crippen molar-refractivity contribution in [3.05, 3.63) is 17.5 Å². The zero-order valence-corrected chi connectivity index (χ0v) is 10.9. The maximum absolute atomic E-state index is 12.3. The molecule has 1 aromatic heterocycles. The SMILES string of the molecule is COCc1cc(C(=O)N2CCCC2C(=O)OC)no1. The number of hydrogen-bond acceptors (Lipinski definition) is 6. The second kappa shape index (κ2) is 5.83. The minimum atomic E-state index is -0.528. The van der Waals surface area contributed by atoms with E-state index in [9.17, 15) is 9.59 Å². The Balaban J connectivity index is 2.11. The number of carbonyl (C=O) groups excluding carboxylic acids is 2. The summed E-state index contributed by atoms with van der Waals surface area (Å²) in [5.74, 6) is -0.245. The highest BCUT2D eigenvalue weighted by atomic mass is 16.5. The van der Waals surface area contributed by atoms with Crippen LogP contribution in [0.15, 0.2) is 10.6 Å². The molecule has 1 saturated heterocycles. The van der Waals surface area contributed by atoms with Gasteiger partial charge in [-0.15, -0.1) is 0 Å². The summed E-state index contributed by atoms with van der Waals surface area (Å²) in [6, 6.07) is 0.999. The lowest BCUT2D eigenvalue weighted by molar-refractivity contribution is -0.145. The van der Waals surface area contributed by atoms with E-state index in [1.807, 2.05) is 0 Å². The first-order valence-corrected chi connectivity index (χ1v) is 6.00. The van der Waals surface area contributed by atoms with Crippen molar-refractivity contribution >= 4 is 11.9 Å². The largest absolute Gasteiger partial charge is 0.467 e. The van der Waals surface area contributed by atoms with E-state index in [0.717, 1.165) is 6.42 Å². The van der Waals surface area contributed by atoms with Crippen LogP contribution in [-0.2, 0) is 20.9 Å². The fourth-order valence-electron chi connectivity index (χ4n) is 2.16. The van der Waals surface area contributed by atoms with Crippen LogP contribution in [0.2, 0.25) is 0 Å². The number of carbonyl (C=O) groups is 2. The molecule has 1 fully saturated rings. The molecular weight excluding hydrogens is 252 g/mol. The normalized spacial score (nSPS) is 18.6. The Bertz CT molecular complexity index is 470. The predicted molar refractivity (Wildman–Crippen MR) is 63.3 cm³/mol. The molecule has 1 aromatic rings. The molecule has 0 bridgehead atoms. The molecule has 1 aliphatic rings. The molecule has 7 nitrogen and oxygen atoms in total. The second-order valence-electron chi connectivity index (χ2n) is 4.29. The van der Waals surface area contributed by atoms with Crippen molar-refractivity contribution in [3.63, 3.8) is 0 Å². The summed E-state index contributed by atoms with van der Waals surface area (Å²) >= 11 is 0. The third-order valence-electron chi connectivity index (χ3n) is 3.05. The van der Waals surface area contributed by atoms with Crippen LogP contribution >= 0.6 is 0 Å². The summed E-state index contributed by atoms with van der Waals surface area (Å²) in [7, 11) is 2.84. The molecule has 0 spiro atoms. The zero-order valence-electron chi connectivity index (χ0n) is 10.9. The first kappa shape index (κ1) is 13.5. The van der Waals surface area contributed by atoms with Gasteiger partial charge < -0.3 is 18.9 Å². The van der Waals surface area contributed by atoms with Gasteiger partial charge in [0.1, 0.15) is 12.6 Å². The van der Waals surface area contributed by atoms with Crippen molar-refractivity contribution in [1.82, 2.24) is 10.1 Å². The Morgan fingerprint density at radius 1 is 1.53 bits per heavy atom. The Labute approximate surface area is 110 Å². The molecule has 1 atom stereocenters. The van der Waals surface area contributed by atoms with Gasteiger partial charge in [-0.2, -0.15) is 0 Å². The van der Waals surface area contributed by atoms with E-state index in [0.29, 0.717) is 18.7 Å². The molecule has 0 N–H and O–H groups in total. The molecular formula is C12H16N2O5. The highest BCUT2D eigenvalue weighted by molar-refractivity contribution is 5.95. The Morgan fingerprint density at radius 2 is 2.32 bits per heavy atom. The van der Waals surface area contributed by atoms with Gasteiger partial charge in [-0.3, -0.25) is 4.79 Å². The van der Waals surface area contributed by atoms with E-state index >= 15 is 0 Å². The van der Waals surface area contributed by atoms with E-state index in [4.69, 9.17) is 14.0 Å². The number of nitrogens with zero attached hydrogens (tertiary/aromatic N) is 2. The molecule has 19 heavy (non-hydrogen) atoms. The van der Waals surface area contributed by atoms with Crippen molar-refractivity contribution in [2.24, 2.45) is 0 Å². The second-order valence-corrected chi connectivity index (χ2v) is 4.29. The highest BCUT2D eigenvalue weighted by Crippen LogP contribution is 2.21. The Morgan fingerprint density at radius 3 is 3.00 bits per heavy atom. The van der Waals surface area contributed by atoms with Crippen LogP contribution in [0.3, 0.4) is 0 Å². The van der Waals surface area contributed by atoms with E-state index < -0.39 is 12.0 Å². The monoisotopic (exact) mass is 268 g/mol. The Hall–Kier alpha value is -1.89. The maximum Gasteiger partial charge on any atom is 0.328 e. The van der Waals surface area contributed by atoms with Crippen LogP contribution in [0, 0.1) is 0 Å². The molecule has 7 heteroatoms. The minimum absolute atomic E-state index is 0.183. The molecule has 2 rings (SSSR count). The van der Waals surface area contributed by atoms with Gasteiger partial charge in [-0.25, -0.2) is 4.79 Å². The minimum Gasteiger partial charge on any atom is -0.467 e. The summed E-state index contributed by atoms with van der Waals surface area (Å²) < 4.78 is 14.6. The van der Waals surface area contributed by atoms with Crippen molar-refractivity contribution in [2.75, 3.05) is 20.8 Å². The Kier molecular flexibility index (Phi) is 4.16. The smallest absolute Gasteiger partial charge is 0.328 e. The van der Waals surface area contributed by atoms with Crippen molar-refractivity contribution in [2.45, 2.75) is 25.5 Å². The third-order valence-corrected chi connectivity index (χ3v) is 3.05. The summed E-state index contributed by atoms with van der Waals surface area (Å²) in [6.45, 7) is 0.770. The molecule has 1 unspecified atom stereocenters. The molecule has 1 aliphatic heterocycles. The number of methoxy groups -OCH3 is 2. The zero-order chi connectivity index (χ0) is 13.8. The lowest BCUT2D eigenvalue weighted by Gasteiger charge is -2.21. The first-order chi connectivity index (χ1) is 9.17. The van der Waals surface area contributed by atoms with Gasteiger partial charge in [-0.05, 0) is 12.8 Å². The number of aromatic nitrogens is 1. The fourth-order valence-corrected chi connectivity index (χ4v) is 2.16. The quantitative estimate of drug-likeness (QED) is 0.744. The lowest BCUT2D eigenvalue weighted by atomic mass is 10.2. The van der Waals surface area contributed by atoms with Gasteiger partial charge >= 0.3 is 5.97 Å². The summed E-state index contributed by atoms with van der Waals surface area (Å²) in [4.78, 5) is 25.3. The van der Waals surface area contributed by atoms with Crippen molar-refractivity contribution in [3.8, 4) is 0 Å². The average Bonchev–Trinajstić information content (AvgIpc) is 3.06. The van der Waals surface area contributed by atoms with Gasteiger partial charge in [0, 0.05) is 19.7 Å². The topological polar surface area (TPSA) is 81.9 Å². The molecule has 0 radical (unpaired) electrons. The number of esters is 1. The number of hydrogen-bond donors (Lipinski definition) is 0. The standard InChI is InChI=1S/C12H16N2O5/c1-17-7-8-6-9(13-19-8)11(15)14-5-3-4-10(14)12(16)18-2/h6,10H,3-5,7H2,1-2H3. The van der Waals surface area contributed by atoms with E-state index in [1.54, 1.807) is 0 Å². The number of amides is 1. The number of likely N-dealkylation sites (tertiary alicyclic amines) is 1. The van der Waals surface area contributed by atoms with Gasteiger partial charge in [0.2, 0.25) is 0 Å². The van der Waals surface area contributed by atoms with E-state index in [2.05, 4.69) is 5.16 Å². The lowest BCUT2D eigenvalue weighted by Crippen LogP contribution is -2.41. The molecule has 1 amide bonds. The third kappa shape index (κ3) is 2.76. The highest BCUT2D eigenvalue weighted by Gasteiger charge is 2.36. The van der Waals surface area contributed by atoms with Crippen LogP contribution in [0.1, 0.15) is 29.1 Å². The summed E-state index contributed by atoms with van der Waals surface area (Å²) in [5, 5.41) is 3.70. The van der Waals surface area contributed by atoms with Gasteiger partial charge in [0.15, 0.2) is 11.5 Å². The van der Waals surface area contributed by atoms with Gasteiger partial charge in [0.05, 0.1) is 7.11 Å². The van der Waals surface area contributed by atoms with Gasteiger partial charge in [0.25, 0.3) is 5.91 Å². The van der Waals surface area contributed by atoms with Crippen LogP contribution in [0.25, 0.3) is 0 Å². The van der Waals surface area contributed by atoms with E-state index in [1.165, 1.54) is 25.2 Å². The van der Waals surface area contributed by atoms with Crippen LogP contribution in [0.4, 0.5) is 0 Å². The van der Waals surface area contributed by atoms with Gasteiger partial charge in [-0.1, -0.05) is 5.16 Å². The van der Waals surface area contributed by atoms with Crippen molar-refractivity contribution < 1.29 is 23.6 Å². The molecule has 104 valence electrons. The average molecular weight is 268 g/mol.